The van der Waals surface area contributed by atoms with E-state index in [9.17, 15) is 22.0 Å². The molecule has 0 saturated carbocycles. The van der Waals surface area contributed by atoms with Gasteiger partial charge in [-0.25, -0.2) is 8.78 Å². The molecule has 6 heteroatoms. The summed E-state index contributed by atoms with van der Waals surface area (Å²) in [4.78, 5) is 0.415. The van der Waals surface area contributed by atoms with Gasteiger partial charge in [0.25, 0.3) is 0 Å². The summed E-state index contributed by atoms with van der Waals surface area (Å²) in [5, 5.41) is 0. The van der Waals surface area contributed by atoms with Crippen LogP contribution in [0.5, 0.6) is 0 Å². The van der Waals surface area contributed by atoms with E-state index in [1.807, 2.05) is 0 Å². The largest absolute Gasteiger partial charge is 0.398 e. The van der Waals surface area contributed by atoms with Crippen LogP contribution in [0.4, 0.5) is 22.0 Å². The molecule has 98 valence electrons. The number of allylic oxidation sites excluding steroid dienone is 4. The number of thioether (sulfide) groups is 1. The molecule has 0 spiro atoms. The Labute approximate surface area is 101 Å². The van der Waals surface area contributed by atoms with E-state index in [2.05, 4.69) is 0 Å². The van der Waals surface area contributed by atoms with E-state index in [4.69, 9.17) is 0 Å². The molecule has 0 bridgehead atoms. The Morgan fingerprint density at radius 1 is 1.35 bits per heavy atom. The Hall–Kier alpha value is -0.520. The first kappa shape index (κ1) is 14.5. The first-order valence-corrected chi connectivity index (χ1v) is 6.05. The summed E-state index contributed by atoms with van der Waals surface area (Å²) in [6.07, 6.45) is -4.92. The van der Waals surface area contributed by atoms with Crippen molar-refractivity contribution in [1.29, 1.82) is 0 Å². The zero-order valence-corrected chi connectivity index (χ0v) is 10.3. The molecule has 0 aliphatic heterocycles. The lowest BCUT2D eigenvalue weighted by atomic mass is 9.88. The SMILES string of the molecule is CC1=CCC(SCC(F)(F)F)=C(C)C1C(F)F. The van der Waals surface area contributed by atoms with E-state index in [-0.39, 0.29) is 0 Å². The molecule has 0 saturated heterocycles. The van der Waals surface area contributed by atoms with Gasteiger partial charge >= 0.3 is 6.18 Å². The molecule has 0 fully saturated rings. The van der Waals surface area contributed by atoms with E-state index in [1.165, 1.54) is 6.92 Å². The van der Waals surface area contributed by atoms with Gasteiger partial charge in [-0.15, -0.1) is 11.8 Å². The molecule has 0 N–H and O–H groups in total. The first-order chi connectivity index (χ1) is 7.72. The van der Waals surface area contributed by atoms with Crippen molar-refractivity contribution in [2.45, 2.75) is 32.9 Å². The fourth-order valence-corrected chi connectivity index (χ4v) is 2.68. The fraction of sp³-hybridized carbons (Fsp3) is 0.636. The standard InChI is InChI=1S/C11H13F5S/c1-6-3-4-8(17-5-11(14,15)16)7(2)9(6)10(12)13/h3,9-10H,4-5H2,1-2H3. The summed E-state index contributed by atoms with van der Waals surface area (Å²) in [6, 6.07) is 0. The summed E-state index contributed by atoms with van der Waals surface area (Å²) in [5.74, 6) is -2.05. The number of halogens is 5. The third-order valence-corrected chi connectivity index (χ3v) is 3.98. The molecule has 1 rings (SSSR count). The minimum Gasteiger partial charge on any atom is -0.209 e. The molecule has 1 aliphatic carbocycles. The second-order valence-corrected chi connectivity index (χ2v) is 5.04. The lowest BCUT2D eigenvalue weighted by molar-refractivity contribution is -0.105. The van der Waals surface area contributed by atoms with Gasteiger partial charge in [0.2, 0.25) is 6.43 Å². The zero-order valence-electron chi connectivity index (χ0n) is 9.44. The van der Waals surface area contributed by atoms with Crippen LogP contribution >= 0.6 is 11.8 Å². The van der Waals surface area contributed by atoms with E-state index >= 15 is 0 Å². The van der Waals surface area contributed by atoms with Crippen LogP contribution in [-0.4, -0.2) is 18.4 Å². The fourth-order valence-electron chi connectivity index (χ4n) is 1.79. The highest BCUT2D eigenvalue weighted by atomic mass is 32.2. The van der Waals surface area contributed by atoms with E-state index < -0.39 is 24.3 Å². The van der Waals surface area contributed by atoms with Gasteiger partial charge < -0.3 is 0 Å². The Morgan fingerprint density at radius 2 is 1.94 bits per heavy atom. The smallest absolute Gasteiger partial charge is 0.209 e. The molecule has 0 aromatic rings. The number of alkyl halides is 5. The van der Waals surface area contributed by atoms with Crippen LogP contribution in [0.1, 0.15) is 20.3 Å². The van der Waals surface area contributed by atoms with Gasteiger partial charge in [-0.05, 0) is 25.2 Å². The maximum atomic E-state index is 12.8. The highest BCUT2D eigenvalue weighted by Crippen LogP contribution is 2.40. The van der Waals surface area contributed by atoms with Crippen LogP contribution in [0.25, 0.3) is 0 Å². The molecular formula is C11H13F5S. The average molecular weight is 272 g/mol. The van der Waals surface area contributed by atoms with Crippen LogP contribution in [0.15, 0.2) is 22.1 Å². The van der Waals surface area contributed by atoms with Gasteiger partial charge in [-0.2, -0.15) is 13.2 Å². The van der Waals surface area contributed by atoms with Crippen LogP contribution < -0.4 is 0 Å². The molecule has 1 unspecified atom stereocenters. The summed E-state index contributed by atoms with van der Waals surface area (Å²) in [7, 11) is 0. The van der Waals surface area contributed by atoms with Gasteiger partial charge in [0, 0.05) is 0 Å². The van der Waals surface area contributed by atoms with Gasteiger partial charge in [-0.1, -0.05) is 17.2 Å². The van der Waals surface area contributed by atoms with Crippen molar-refractivity contribution in [3.63, 3.8) is 0 Å². The number of rotatable bonds is 3. The molecule has 0 amide bonds. The topological polar surface area (TPSA) is 0 Å². The zero-order chi connectivity index (χ0) is 13.2. The van der Waals surface area contributed by atoms with Crippen LogP contribution in [0.2, 0.25) is 0 Å². The Bertz CT molecular complexity index is 340. The van der Waals surface area contributed by atoms with Gasteiger partial charge in [0.05, 0.1) is 11.7 Å². The molecule has 0 aromatic carbocycles. The summed E-state index contributed by atoms with van der Waals surface area (Å²) >= 11 is 0.612. The quantitative estimate of drug-likeness (QED) is 0.526. The van der Waals surface area contributed by atoms with Crippen molar-refractivity contribution in [1.82, 2.24) is 0 Å². The average Bonchev–Trinajstić information content (AvgIpc) is 2.14. The second kappa shape index (κ2) is 5.42. The van der Waals surface area contributed by atoms with Gasteiger partial charge in [-0.3, -0.25) is 0 Å². The highest BCUT2D eigenvalue weighted by molar-refractivity contribution is 8.03. The lowest BCUT2D eigenvalue weighted by Crippen LogP contribution is -2.19. The first-order valence-electron chi connectivity index (χ1n) is 5.06. The minimum atomic E-state index is -4.27. The van der Waals surface area contributed by atoms with Gasteiger partial charge in [0.15, 0.2) is 0 Å². The number of hydrogen-bond donors (Lipinski definition) is 0. The van der Waals surface area contributed by atoms with Crippen molar-refractivity contribution in [3.05, 3.63) is 22.1 Å². The maximum Gasteiger partial charge on any atom is 0.398 e. The molecule has 0 heterocycles. The second-order valence-electron chi connectivity index (χ2n) is 3.97. The summed E-state index contributed by atoms with van der Waals surface area (Å²) < 4.78 is 61.7. The summed E-state index contributed by atoms with van der Waals surface area (Å²) in [6.45, 7) is 3.08. The van der Waals surface area contributed by atoms with Crippen molar-refractivity contribution in [2.75, 3.05) is 5.75 Å². The molecular weight excluding hydrogens is 259 g/mol. The highest BCUT2D eigenvalue weighted by Gasteiger charge is 2.32. The van der Waals surface area contributed by atoms with Crippen LogP contribution in [0.3, 0.4) is 0 Å². The number of hydrogen-bond acceptors (Lipinski definition) is 1. The van der Waals surface area contributed by atoms with E-state index in [0.29, 0.717) is 34.2 Å². The predicted molar refractivity (Wildman–Crippen MR) is 59.1 cm³/mol. The molecule has 0 aromatic heterocycles. The van der Waals surface area contributed by atoms with Crippen molar-refractivity contribution in [2.24, 2.45) is 5.92 Å². The van der Waals surface area contributed by atoms with Crippen molar-refractivity contribution < 1.29 is 22.0 Å². The van der Waals surface area contributed by atoms with Crippen molar-refractivity contribution >= 4 is 11.8 Å². The van der Waals surface area contributed by atoms with E-state index in [0.717, 1.165) is 0 Å². The predicted octanol–water partition coefficient (Wildman–Crippen LogP) is 4.79. The third-order valence-electron chi connectivity index (χ3n) is 2.67. The monoisotopic (exact) mass is 272 g/mol. The van der Waals surface area contributed by atoms with Crippen molar-refractivity contribution in [3.8, 4) is 0 Å². The maximum absolute atomic E-state index is 12.8. The Morgan fingerprint density at radius 3 is 2.41 bits per heavy atom. The Kier molecular flexibility index (Phi) is 4.63. The molecule has 0 radical (unpaired) electrons. The normalized spacial score (nSPS) is 22.1. The lowest BCUT2D eigenvalue weighted by Gasteiger charge is -2.25. The Balaban J connectivity index is 2.79. The molecule has 1 atom stereocenters. The van der Waals surface area contributed by atoms with Crippen LogP contribution in [0, 0.1) is 5.92 Å². The third kappa shape index (κ3) is 4.01. The summed E-state index contributed by atoms with van der Waals surface area (Å²) in [5.41, 5.74) is 0.906. The minimum absolute atomic E-state index is 0.321. The molecule has 0 nitrogen and oxygen atoms in total. The molecule has 17 heavy (non-hydrogen) atoms. The molecule has 1 aliphatic rings. The van der Waals surface area contributed by atoms with Crippen LogP contribution in [-0.2, 0) is 0 Å². The van der Waals surface area contributed by atoms with Gasteiger partial charge in [0.1, 0.15) is 0 Å². The van der Waals surface area contributed by atoms with E-state index in [1.54, 1.807) is 13.0 Å².